The highest BCUT2D eigenvalue weighted by atomic mass is 32.1. The molecule has 1 aromatic heterocycles. The van der Waals surface area contributed by atoms with Gasteiger partial charge in [-0.1, -0.05) is 6.92 Å². The zero-order chi connectivity index (χ0) is 12.3. The molecule has 4 heteroatoms. The molecule has 3 nitrogen and oxygen atoms in total. The molecular formula is C13H20N2OS. The van der Waals surface area contributed by atoms with Crippen molar-refractivity contribution < 1.29 is 4.74 Å². The van der Waals surface area contributed by atoms with E-state index >= 15 is 0 Å². The number of thiazole rings is 1. The van der Waals surface area contributed by atoms with Crippen LogP contribution in [0.2, 0.25) is 0 Å². The molecule has 2 rings (SSSR count). The third-order valence-electron chi connectivity index (χ3n) is 2.94. The van der Waals surface area contributed by atoms with E-state index in [0.29, 0.717) is 0 Å². The number of aromatic nitrogens is 1. The van der Waals surface area contributed by atoms with E-state index in [2.05, 4.69) is 31.1 Å². The maximum Gasteiger partial charge on any atom is 0.0900 e. The third-order valence-corrected chi connectivity index (χ3v) is 4.08. The number of ether oxygens (including phenoxy) is 1. The van der Waals surface area contributed by atoms with Crippen LogP contribution in [0.25, 0.3) is 0 Å². The molecule has 0 saturated heterocycles. The molecule has 1 aliphatic heterocycles. The molecule has 1 aliphatic rings. The number of likely N-dealkylation sites (N-methyl/N-ethyl adjacent to an activating group) is 1. The van der Waals surface area contributed by atoms with Gasteiger partial charge >= 0.3 is 0 Å². The van der Waals surface area contributed by atoms with Crippen LogP contribution in [0.3, 0.4) is 0 Å². The first-order valence-corrected chi connectivity index (χ1v) is 7.02. The van der Waals surface area contributed by atoms with Crippen molar-refractivity contribution in [1.29, 1.82) is 0 Å². The number of rotatable bonds is 4. The van der Waals surface area contributed by atoms with Gasteiger partial charge in [0.05, 0.1) is 29.6 Å². The molecule has 0 spiro atoms. The van der Waals surface area contributed by atoms with Crippen LogP contribution in [0.5, 0.6) is 0 Å². The molecule has 1 unspecified atom stereocenters. The maximum absolute atomic E-state index is 5.46. The summed E-state index contributed by atoms with van der Waals surface area (Å²) in [5.74, 6) is 0. The summed E-state index contributed by atoms with van der Waals surface area (Å²) in [6.07, 6.45) is 4.17. The Morgan fingerprint density at radius 1 is 1.53 bits per heavy atom. The lowest BCUT2D eigenvalue weighted by molar-refractivity contribution is 0.219. The SMILES string of the molecule is CCNC(C1=COCCC1)c1sc(C)nc1C. The fourth-order valence-electron chi connectivity index (χ4n) is 2.21. The molecule has 1 N–H and O–H groups in total. The van der Waals surface area contributed by atoms with Crippen molar-refractivity contribution in [2.75, 3.05) is 13.2 Å². The van der Waals surface area contributed by atoms with Crippen molar-refractivity contribution >= 4 is 11.3 Å². The van der Waals surface area contributed by atoms with E-state index in [4.69, 9.17) is 4.74 Å². The Bertz CT molecular complexity index is 412. The summed E-state index contributed by atoms with van der Waals surface area (Å²) >= 11 is 1.79. The molecule has 0 aliphatic carbocycles. The van der Waals surface area contributed by atoms with Gasteiger partial charge in [-0.05, 0) is 38.8 Å². The molecule has 17 heavy (non-hydrogen) atoms. The van der Waals surface area contributed by atoms with Crippen LogP contribution in [0.4, 0.5) is 0 Å². The zero-order valence-electron chi connectivity index (χ0n) is 10.7. The Balaban J connectivity index is 2.27. The summed E-state index contributed by atoms with van der Waals surface area (Å²) in [5.41, 5.74) is 2.50. The monoisotopic (exact) mass is 252 g/mol. The van der Waals surface area contributed by atoms with Gasteiger partial charge in [0.15, 0.2) is 0 Å². The van der Waals surface area contributed by atoms with E-state index in [1.807, 2.05) is 6.26 Å². The number of aryl methyl sites for hydroxylation is 2. The quantitative estimate of drug-likeness (QED) is 0.894. The molecule has 0 saturated carbocycles. The predicted octanol–water partition coefficient (Wildman–Crippen LogP) is 3.10. The van der Waals surface area contributed by atoms with Crippen LogP contribution in [-0.4, -0.2) is 18.1 Å². The van der Waals surface area contributed by atoms with Gasteiger partial charge in [-0.2, -0.15) is 0 Å². The Morgan fingerprint density at radius 2 is 2.35 bits per heavy atom. The van der Waals surface area contributed by atoms with Crippen LogP contribution < -0.4 is 5.32 Å². The van der Waals surface area contributed by atoms with Gasteiger partial charge in [-0.25, -0.2) is 4.98 Å². The van der Waals surface area contributed by atoms with E-state index in [1.54, 1.807) is 11.3 Å². The van der Waals surface area contributed by atoms with Crippen LogP contribution >= 0.6 is 11.3 Å². The first-order valence-electron chi connectivity index (χ1n) is 6.20. The van der Waals surface area contributed by atoms with Gasteiger partial charge in [0.2, 0.25) is 0 Å². The highest BCUT2D eigenvalue weighted by molar-refractivity contribution is 7.11. The van der Waals surface area contributed by atoms with Crippen molar-refractivity contribution in [3.63, 3.8) is 0 Å². The Kier molecular flexibility index (Phi) is 4.18. The maximum atomic E-state index is 5.46. The molecule has 0 radical (unpaired) electrons. The lowest BCUT2D eigenvalue weighted by atomic mass is 10.00. The Morgan fingerprint density at radius 3 is 2.88 bits per heavy atom. The normalized spacial score (nSPS) is 17.5. The predicted molar refractivity (Wildman–Crippen MR) is 71.3 cm³/mol. The molecule has 1 atom stereocenters. The van der Waals surface area contributed by atoms with Crippen LogP contribution in [0, 0.1) is 13.8 Å². The van der Waals surface area contributed by atoms with Crippen molar-refractivity contribution in [2.24, 2.45) is 0 Å². The Hall–Kier alpha value is -0.870. The summed E-state index contributed by atoms with van der Waals surface area (Å²) in [7, 11) is 0. The van der Waals surface area contributed by atoms with E-state index in [9.17, 15) is 0 Å². The van der Waals surface area contributed by atoms with E-state index < -0.39 is 0 Å². The van der Waals surface area contributed by atoms with Crippen molar-refractivity contribution in [3.8, 4) is 0 Å². The molecule has 0 aromatic carbocycles. The van der Waals surface area contributed by atoms with Gasteiger partial charge < -0.3 is 10.1 Å². The van der Waals surface area contributed by atoms with Crippen molar-refractivity contribution in [1.82, 2.24) is 10.3 Å². The number of nitrogens with one attached hydrogen (secondary N) is 1. The molecule has 0 amide bonds. The van der Waals surface area contributed by atoms with E-state index in [-0.39, 0.29) is 6.04 Å². The lowest BCUT2D eigenvalue weighted by Crippen LogP contribution is -2.24. The minimum Gasteiger partial charge on any atom is -0.501 e. The van der Waals surface area contributed by atoms with Gasteiger partial charge in [-0.15, -0.1) is 11.3 Å². The number of hydrogen-bond acceptors (Lipinski definition) is 4. The van der Waals surface area contributed by atoms with Gasteiger partial charge in [0, 0.05) is 4.88 Å². The molecule has 2 heterocycles. The van der Waals surface area contributed by atoms with E-state index in [1.165, 1.54) is 10.5 Å². The molecule has 1 aromatic rings. The number of hydrogen-bond donors (Lipinski definition) is 1. The Labute approximate surface area is 107 Å². The first-order chi connectivity index (χ1) is 8.22. The van der Waals surface area contributed by atoms with Gasteiger partial charge in [-0.3, -0.25) is 0 Å². The largest absolute Gasteiger partial charge is 0.501 e. The third kappa shape index (κ3) is 2.87. The fourth-order valence-corrected chi connectivity index (χ4v) is 3.25. The second-order valence-electron chi connectivity index (χ2n) is 4.34. The topological polar surface area (TPSA) is 34.1 Å². The minimum atomic E-state index is 0.284. The summed E-state index contributed by atoms with van der Waals surface area (Å²) in [6, 6.07) is 0.284. The summed E-state index contributed by atoms with van der Waals surface area (Å²) in [6.45, 7) is 8.10. The van der Waals surface area contributed by atoms with Gasteiger partial charge in [0.25, 0.3) is 0 Å². The smallest absolute Gasteiger partial charge is 0.0900 e. The highest BCUT2D eigenvalue weighted by Crippen LogP contribution is 2.33. The molecular weight excluding hydrogens is 232 g/mol. The number of nitrogens with zero attached hydrogens (tertiary/aromatic N) is 1. The summed E-state index contributed by atoms with van der Waals surface area (Å²) in [4.78, 5) is 5.85. The van der Waals surface area contributed by atoms with Crippen molar-refractivity contribution in [3.05, 3.63) is 27.4 Å². The second-order valence-corrected chi connectivity index (χ2v) is 5.58. The summed E-state index contributed by atoms with van der Waals surface area (Å²) < 4.78 is 5.46. The molecule has 0 fully saturated rings. The van der Waals surface area contributed by atoms with Crippen LogP contribution in [0.1, 0.15) is 41.4 Å². The molecule has 0 bridgehead atoms. The highest BCUT2D eigenvalue weighted by Gasteiger charge is 2.22. The van der Waals surface area contributed by atoms with Crippen LogP contribution in [0.15, 0.2) is 11.8 Å². The van der Waals surface area contributed by atoms with Crippen molar-refractivity contribution in [2.45, 2.75) is 39.7 Å². The average Bonchev–Trinajstić information content (AvgIpc) is 2.66. The first kappa shape index (κ1) is 12.6. The van der Waals surface area contributed by atoms with E-state index in [0.717, 1.165) is 36.7 Å². The lowest BCUT2D eigenvalue weighted by Gasteiger charge is -2.23. The average molecular weight is 252 g/mol. The minimum absolute atomic E-state index is 0.284. The van der Waals surface area contributed by atoms with Gasteiger partial charge in [0.1, 0.15) is 0 Å². The summed E-state index contributed by atoms with van der Waals surface area (Å²) in [5, 5.41) is 4.68. The fraction of sp³-hybridized carbons (Fsp3) is 0.615. The molecule has 94 valence electrons. The standard InChI is InChI=1S/C13H20N2OS/c1-4-14-12(11-6-5-7-16-8-11)13-9(2)15-10(3)17-13/h8,12,14H,4-7H2,1-3H3. The van der Waals surface area contributed by atoms with Crippen LogP contribution in [-0.2, 0) is 4.74 Å². The second kappa shape index (κ2) is 5.65. The zero-order valence-corrected chi connectivity index (χ0v) is 11.6.